The van der Waals surface area contributed by atoms with Crippen molar-refractivity contribution in [3.8, 4) is 5.75 Å². The molecule has 1 aliphatic carbocycles. The second-order valence-corrected chi connectivity index (χ2v) is 6.71. The van der Waals surface area contributed by atoms with Crippen LogP contribution < -0.4 is 0 Å². The smallest absolute Gasteiger partial charge is 0.115 e. The quantitative estimate of drug-likeness (QED) is 0.837. The van der Waals surface area contributed by atoms with Gasteiger partial charge in [0.1, 0.15) is 5.75 Å². The fourth-order valence-corrected chi connectivity index (χ4v) is 4.36. The van der Waals surface area contributed by atoms with Crippen molar-refractivity contribution in [3.63, 3.8) is 0 Å². The first-order valence-electron chi connectivity index (χ1n) is 7.73. The van der Waals surface area contributed by atoms with E-state index in [4.69, 9.17) is 0 Å². The van der Waals surface area contributed by atoms with E-state index < -0.39 is 0 Å². The third-order valence-corrected chi connectivity index (χ3v) is 5.69. The van der Waals surface area contributed by atoms with Crippen molar-refractivity contribution in [2.24, 2.45) is 5.92 Å². The van der Waals surface area contributed by atoms with Gasteiger partial charge in [0.15, 0.2) is 0 Å². The molecule has 1 aromatic rings. The molecule has 21 heavy (non-hydrogen) atoms. The standard InChI is InChI=1S/C18H25NO.ClH/c1-4-9-19-10-5-8-18(3)13(2)17(19)11-14-6-7-15(20)12-16(14)18;/h4,6-7,12-13,17,20H,1,5,8-11H2,2-3H3;1H/t13-,17-,18-;/m1./s1. The Kier molecular flexibility index (Phi) is 4.69. The Hall–Kier alpha value is -0.990. The summed E-state index contributed by atoms with van der Waals surface area (Å²) in [5, 5.41) is 9.87. The van der Waals surface area contributed by atoms with Gasteiger partial charge in [0.25, 0.3) is 0 Å². The van der Waals surface area contributed by atoms with Gasteiger partial charge in [-0.1, -0.05) is 26.0 Å². The molecule has 1 aliphatic heterocycles. The van der Waals surface area contributed by atoms with E-state index in [1.54, 1.807) is 0 Å². The summed E-state index contributed by atoms with van der Waals surface area (Å²) in [6.45, 7) is 10.8. The van der Waals surface area contributed by atoms with Gasteiger partial charge in [-0.3, -0.25) is 4.90 Å². The van der Waals surface area contributed by atoms with Crippen molar-refractivity contribution >= 4 is 12.4 Å². The SMILES string of the molecule is C=CCN1CCC[C@@]2(C)c3cc(O)ccc3C[C@@H]1[C@H]2C.Cl. The largest absolute Gasteiger partial charge is 0.508 e. The average molecular weight is 308 g/mol. The molecule has 0 amide bonds. The number of hydrogen-bond acceptors (Lipinski definition) is 2. The van der Waals surface area contributed by atoms with Crippen LogP contribution in [0.5, 0.6) is 5.75 Å². The predicted molar refractivity (Wildman–Crippen MR) is 90.4 cm³/mol. The maximum absolute atomic E-state index is 9.87. The van der Waals surface area contributed by atoms with E-state index in [1.165, 1.54) is 24.0 Å². The Labute approximate surface area is 134 Å². The number of hydrogen-bond donors (Lipinski definition) is 1. The molecule has 1 aromatic carbocycles. The highest BCUT2D eigenvalue weighted by atomic mass is 35.5. The first-order chi connectivity index (χ1) is 9.56. The van der Waals surface area contributed by atoms with E-state index in [0.717, 1.165) is 19.5 Å². The van der Waals surface area contributed by atoms with Crippen molar-refractivity contribution in [3.05, 3.63) is 42.0 Å². The second-order valence-electron chi connectivity index (χ2n) is 6.71. The van der Waals surface area contributed by atoms with Gasteiger partial charge >= 0.3 is 0 Å². The summed E-state index contributed by atoms with van der Waals surface area (Å²) in [6, 6.07) is 6.56. The predicted octanol–water partition coefficient (Wildman–Crippen LogP) is 3.91. The molecule has 0 aromatic heterocycles. The van der Waals surface area contributed by atoms with Gasteiger partial charge in [-0.05, 0) is 60.4 Å². The summed E-state index contributed by atoms with van der Waals surface area (Å²) < 4.78 is 0. The van der Waals surface area contributed by atoms with Crippen molar-refractivity contribution in [1.82, 2.24) is 4.90 Å². The van der Waals surface area contributed by atoms with E-state index in [2.05, 4.69) is 31.4 Å². The number of aromatic hydroxyl groups is 1. The third kappa shape index (κ3) is 2.60. The Morgan fingerprint density at radius 3 is 2.95 bits per heavy atom. The van der Waals surface area contributed by atoms with Crippen LogP contribution in [0.2, 0.25) is 0 Å². The zero-order chi connectivity index (χ0) is 14.3. The topological polar surface area (TPSA) is 23.5 Å². The van der Waals surface area contributed by atoms with Crippen molar-refractivity contribution in [2.45, 2.75) is 44.6 Å². The molecule has 3 rings (SSSR count). The highest BCUT2D eigenvalue weighted by Crippen LogP contribution is 2.48. The van der Waals surface area contributed by atoms with Crippen LogP contribution in [0, 0.1) is 5.92 Å². The highest BCUT2D eigenvalue weighted by Gasteiger charge is 2.46. The van der Waals surface area contributed by atoms with E-state index in [-0.39, 0.29) is 17.8 Å². The summed E-state index contributed by atoms with van der Waals surface area (Å²) in [7, 11) is 0. The molecule has 2 nitrogen and oxygen atoms in total. The lowest BCUT2D eigenvalue weighted by molar-refractivity contribution is 0.130. The van der Waals surface area contributed by atoms with E-state index >= 15 is 0 Å². The van der Waals surface area contributed by atoms with E-state index in [1.807, 2.05) is 18.2 Å². The number of nitrogens with zero attached hydrogens (tertiary/aromatic N) is 1. The molecular formula is C18H26ClNO. The summed E-state index contributed by atoms with van der Waals surface area (Å²) in [5.41, 5.74) is 2.98. The molecule has 1 saturated heterocycles. The first-order valence-corrected chi connectivity index (χ1v) is 7.73. The molecule has 0 saturated carbocycles. The molecule has 0 unspecified atom stereocenters. The molecular weight excluding hydrogens is 282 g/mol. The second kappa shape index (κ2) is 6.02. The molecule has 0 radical (unpaired) electrons. The molecule has 1 fully saturated rings. The van der Waals surface area contributed by atoms with Crippen molar-refractivity contribution in [2.75, 3.05) is 13.1 Å². The van der Waals surface area contributed by atoms with Crippen molar-refractivity contribution in [1.29, 1.82) is 0 Å². The number of fused-ring (bicyclic) bond motifs is 4. The fraction of sp³-hybridized carbons (Fsp3) is 0.556. The minimum atomic E-state index is 0. The molecule has 2 bridgehead atoms. The van der Waals surface area contributed by atoms with Crippen LogP contribution in [-0.2, 0) is 11.8 Å². The maximum atomic E-state index is 9.87. The van der Waals surface area contributed by atoms with Crippen LogP contribution in [-0.4, -0.2) is 29.1 Å². The zero-order valence-electron chi connectivity index (χ0n) is 13.0. The number of benzene rings is 1. The lowest BCUT2D eigenvalue weighted by Gasteiger charge is -2.47. The van der Waals surface area contributed by atoms with Gasteiger partial charge in [0, 0.05) is 12.6 Å². The molecule has 1 N–H and O–H groups in total. The Morgan fingerprint density at radius 2 is 2.24 bits per heavy atom. The Bertz CT molecular complexity index is 530. The molecule has 0 spiro atoms. The van der Waals surface area contributed by atoms with Crippen LogP contribution in [0.25, 0.3) is 0 Å². The maximum Gasteiger partial charge on any atom is 0.115 e. The molecule has 3 heteroatoms. The van der Waals surface area contributed by atoms with Gasteiger partial charge in [-0.15, -0.1) is 19.0 Å². The summed E-state index contributed by atoms with van der Waals surface area (Å²) in [4.78, 5) is 2.60. The normalized spacial score (nSPS) is 31.7. The molecule has 116 valence electrons. The summed E-state index contributed by atoms with van der Waals surface area (Å²) in [5.74, 6) is 1.02. The number of halogens is 1. The van der Waals surface area contributed by atoms with Gasteiger partial charge in [-0.2, -0.15) is 0 Å². The van der Waals surface area contributed by atoms with Crippen LogP contribution in [0.3, 0.4) is 0 Å². The summed E-state index contributed by atoms with van der Waals surface area (Å²) in [6.07, 6.45) is 5.55. The van der Waals surface area contributed by atoms with Gasteiger partial charge in [0.05, 0.1) is 0 Å². The first kappa shape index (κ1) is 16.4. The number of likely N-dealkylation sites (tertiary alicyclic amines) is 1. The zero-order valence-corrected chi connectivity index (χ0v) is 13.8. The average Bonchev–Trinajstić information content (AvgIpc) is 2.50. The monoisotopic (exact) mass is 307 g/mol. The van der Waals surface area contributed by atoms with Crippen LogP contribution in [0.4, 0.5) is 0 Å². The van der Waals surface area contributed by atoms with Gasteiger partial charge in [-0.25, -0.2) is 0 Å². The lowest BCUT2D eigenvalue weighted by Crippen LogP contribution is -2.49. The van der Waals surface area contributed by atoms with Gasteiger partial charge < -0.3 is 5.11 Å². The number of phenolic OH excluding ortho intramolecular Hbond substituents is 1. The molecule has 3 atom stereocenters. The van der Waals surface area contributed by atoms with E-state index in [9.17, 15) is 5.11 Å². The van der Waals surface area contributed by atoms with E-state index in [0.29, 0.717) is 17.7 Å². The Morgan fingerprint density at radius 1 is 1.48 bits per heavy atom. The number of phenols is 1. The van der Waals surface area contributed by atoms with Gasteiger partial charge in [0.2, 0.25) is 0 Å². The lowest BCUT2D eigenvalue weighted by atomic mass is 9.61. The number of rotatable bonds is 2. The Balaban J connectivity index is 0.00000161. The summed E-state index contributed by atoms with van der Waals surface area (Å²) >= 11 is 0. The fourth-order valence-electron chi connectivity index (χ4n) is 4.36. The van der Waals surface area contributed by atoms with Crippen LogP contribution in [0.15, 0.2) is 30.9 Å². The minimum Gasteiger partial charge on any atom is -0.508 e. The van der Waals surface area contributed by atoms with Crippen LogP contribution in [0.1, 0.15) is 37.8 Å². The molecule has 1 heterocycles. The van der Waals surface area contributed by atoms with Crippen LogP contribution >= 0.6 is 12.4 Å². The third-order valence-electron chi connectivity index (χ3n) is 5.69. The highest BCUT2D eigenvalue weighted by molar-refractivity contribution is 5.85. The van der Waals surface area contributed by atoms with Crippen molar-refractivity contribution < 1.29 is 5.11 Å². The minimum absolute atomic E-state index is 0. The molecule has 2 aliphatic rings.